The highest BCUT2D eigenvalue weighted by molar-refractivity contribution is 7.89. The maximum absolute atomic E-state index is 13.1. The third-order valence-corrected chi connectivity index (χ3v) is 6.70. The van der Waals surface area contributed by atoms with Gasteiger partial charge in [-0.15, -0.1) is 0 Å². The summed E-state index contributed by atoms with van der Waals surface area (Å²) in [6, 6.07) is 10.3. The van der Waals surface area contributed by atoms with E-state index in [2.05, 4.69) is 10.1 Å². The molecule has 8 nitrogen and oxygen atoms in total. The molecule has 0 bridgehead atoms. The number of anilines is 1. The number of aromatic nitrogens is 3. The Hall–Kier alpha value is -2.78. The number of aryl methyl sites for hydroxylation is 1. The maximum Gasteiger partial charge on any atom is 0.268 e. The van der Waals surface area contributed by atoms with Crippen LogP contribution in [0.25, 0.3) is 10.9 Å². The third kappa shape index (κ3) is 3.19. The van der Waals surface area contributed by atoms with Crippen molar-refractivity contribution >= 4 is 26.6 Å². The normalized spacial score (nSPS) is 16.0. The standard InChI is InChI=1S/C18H19N5O3S/c1-21-17(24)12-15(13-20-21)22-8-10-23(11-9-22)27(25,26)16-6-2-4-14-5-3-7-19-18(14)16/h2-7,12-13H,8-11H2,1H3. The molecule has 3 aromatic rings. The number of para-hydroxylation sites is 1. The topological polar surface area (TPSA) is 88.4 Å². The van der Waals surface area contributed by atoms with Gasteiger partial charge >= 0.3 is 0 Å². The first kappa shape index (κ1) is 17.6. The molecular weight excluding hydrogens is 366 g/mol. The summed E-state index contributed by atoms with van der Waals surface area (Å²) in [7, 11) is -2.05. The lowest BCUT2D eigenvalue weighted by atomic mass is 10.2. The van der Waals surface area contributed by atoms with Gasteiger partial charge in [-0.1, -0.05) is 18.2 Å². The van der Waals surface area contributed by atoms with Gasteiger partial charge in [-0.25, -0.2) is 13.1 Å². The summed E-state index contributed by atoms with van der Waals surface area (Å²) in [5.74, 6) is 0. The number of nitrogens with zero attached hydrogens (tertiary/aromatic N) is 5. The van der Waals surface area contributed by atoms with Crippen LogP contribution in [0.3, 0.4) is 0 Å². The van der Waals surface area contributed by atoms with E-state index in [1.54, 1.807) is 37.6 Å². The SMILES string of the molecule is Cn1ncc(N2CCN(S(=O)(=O)c3cccc4cccnc34)CC2)cc1=O. The molecule has 27 heavy (non-hydrogen) atoms. The van der Waals surface area contributed by atoms with Crippen LogP contribution in [-0.4, -0.2) is 53.7 Å². The highest BCUT2D eigenvalue weighted by Gasteiger charge is 2.30. The Labute approximate surface area is 156 Å². The van der Waals surface area contributed by atoms with E-state index in [1.807, 2.05) is 17.0 Å². The summed E-state index contributed by atoms with van der Waals surface area (Å²) in [4.78, 5) is 18.2. The molecule has 1 aromatic carbocycles. The van der Waals surface area contributed by atoms with Crippen LogP contribution in [0.1, 0.15) is 0 Å². The fraction of sp³-hybridized carbons (Fsp3) is 0.278. The molecule has 1 aliphatic heterocycles. The van der Waals surface area contributed by atoms with Gasteiger partial charge in [0.05, 0.1) is 17.4 Å². The van der Waals surface area contributed by atoms with Crippen LogP contribution in [0.2, 0.25) is 0 Å². The number of hydrogen-bond acceptors (Lipinski definition) is 6. The number of hydrogen-bond donors (Lipinski definition) is 0. The Morgan fingerprint density at radius 3 is 2.52 bits per heavy atom. The minimum Gasteiger partial charge on any atom is -0.367 e. The Bertz CT molecular complexity index is 1150. The monoisotopic (exact) mass is 385 g/mol. The van der Waals surface area contributed by atoms with E-state index < -0.39 is 10.0 Å². The largest absolute Gasteiger partial charge is 0.367 e. The van der Waals surface area contributed by atoms with Gasteiger partial charge in [-0.2, -0.15) is 9.40 Å². The third-order valence-electron chi connectivity index (χ3n) is 4.77. The van der Waals surface area contributed by atoms with Crippen LogP contribution in [0, 0.1) is 0 Å². The van der Waals surface area contributed by atoms with E-state index in [9.17, 15) is 13.2 Å². The number of piperazine rings is 1. The summed E-state index contributed by atoms with van der Waals surface area (Å²) in [5, 5.41) is 4.82. The van der Waals surface area contributed by atoms with Crippen LogP contribution in [0.4, 0.5) is 5.69 Å². The molecule has 0 radical (unpaired) electrons. The van der Waals surface area contributed by atoms with Crippen molar-refractivity contribution in [2.45, 2.75) is 4.90 Å². The number of sulfonamides is 1. The van der Waals surface area contributed by atoms with Gasteiger partial charge in [-0.3, -0.25) is 9.78 Å². The van der Waals surface area contributed by atoms with E-state index in [-0.39, 0.29) is 10.5 Å². The van der Waals surface area contributed by atoms with Crippen molar-refractivity contribution in [1.82, 2.24) is 19.1 Å². The van der Waals surface area contributed by atoms with Crippen molar-refractivity contribution in [2.24, 2.45) is 7.05 Å². The molecule has 0 amide bonds. The highest BCUT2D eigenvalue weighted by Crippen LogP contribution is 2.25. The average Bonchev–Trinajstić information content (AvgIpc) is 2.69. The molecule has 0 unspecified atom stereocenters. The second kappa shape index (κ2) is 6.75. The number of rotatable bonds is 3. The molecule has 1 saturated heterocycles. The minimum atomic E-state index is -3.65. The van der Waals surface area contributed by atoms with Crippen LogP contribution in [-0.2, 0) is 17.1 Å². The maximum atomic E-state index is 13.1. The van der Waals surface area contributed by atoms with Crippen LogP contribution in [0.5, 0.6) is 0 Å². The number of benzene rings is 1. The molecule has 4 rings (SSSR count). The first-order valence-electron chi connectivity index (χ1n) is 8.59. The Balaban J connectivity index is 1.58. The van der Waals surface area contributed by atoms with Gasteiger partial charge in [-0.05, 0) is 12.1 Å². The summed E-state index contributed by atoms with van der Waals surface area (Å²) in [6.07, 6.45) is 3.22. The highest BCUT2D eigenvalue weighted by atomic mass is 32.2. The van der Waals surface area contributed by atoms with Crippen molar-refractivity contribution < 1.29 is 8.42 Å². The van der Waals surface area contributed by atoms with Crippen LogP contribution < -0.4 is 10.5 Å². The summed E-state index contributed by atoms with van der Waals surface area (Å²) in [5.41, 5.74) is 1.00. The first-order chi connectivity index (χ1) is 13.0. The molecule has 0 atom stereocenters. The molecule has 1 fully saturated rings. The first-order valence-corrected chi connectivity index (χ1v) is 10.0. The lowest BCUT2D eigenvalue weighted by Gasteiger charge is -2.35. The molecule has 1 aliphatic rings. The summed E-state index contributed by atoms with van der Waals surface area (Å²) >= 11 is 0. The molecule has 140 valence electrons. The Morgan fingerprint density at radius 1 is 1.04 bits per heavy atom. The van der Waals surface area contributed by atoms with Gasteiger partial charge in [0.2, 0.25) is 10.0 Å². The fourth-order valence-corrected chi connectivity index (χ4v) is 4.83. The predicted molar refractivity (Wildman–Crippen MR) is 102 cm³/mol. The lowest BCUT2D eigenvalue weighted by molar-refractivity contribution is 0.385. The van der Waals surface area contributed by atoms with Crippen molar-refractivity contribution in [3.05, 3.63) is 59.1 Å². The molecule has 2 aromatic heterocycles. The van der Waals surface area contributed by atoms with Crippen molar-refractivity contribution in [1.29, 1.82) is 0 Å². The average molecular weight is 385 g/mol. The fourth-order valence-electron chi connectivity index (χ4n) is 3.24. The number of pyridine rings is 1. The zero-order valence-electron chi connectivity index (χ0n) is 14.8. The van der Waals surface area contributed by atoms with E-state index in [0.29, 0.717) is 37.4 Å². The quantitative estimate of drug-likeness (QED) is 0.664. The molecule has 9 heteroatoms. The molecule has 0 aliphatic carbocycles. The van der Waals surface area contributed by atoms with E-state index in [1.165, 1.54) is 15.1 Å². The second-order valence-corrected chi connectivity index (χ2v) is 8.30. The van der Waals surface area contributed by atoms with E-state index >= 15 is 0 Å². The van der Waals surface area contributed by atoms with Gasteiger partial charge < -0.3 is 4.90 Å². The van der Waals surface area contributed by atoms with Crippen molar-refractivity contribution in [3.8, 4) is 0 Å². The molecule has 0 N–H and O–H groups in total. The van der Waals surface area contributed by atoms with Crippen molar-refractivity contribution in [2.75, 3.05) is 31.1 Å². The lowest BCUT2D eigenvalue weighted by Crippen LogP contribution is -2.49. The summed E-state index contributed by atoms with van der Waals surface area (Å²) < 4.78 is 29.0. The number of fused-ring (bicyclic) bond motifs is 1. The summed E-state index contributed by atoms with van der Waals surface area (Å²) in [6.45, 7) is 1.65. The second-order valence-electron chi connectivity index (χ2n) is 6.40. The smallest absolute Gasteiger partial charge is 0.268 e. The molecule has 3 heterocycles. The zero-order valence-corrected chi connectivity index (χ0v) is 15.6. The van der Waals surface area contributed by atoms with Gasteiger partial charge in [0, 0.05) is 50.9 Å². The van der Waals surface area contributed by atoms with E-state index in [4.69, 9.17) is 0 Å². The predicted octanol–water partition coefficient (Wildman–Crippen LogP) is 0.839. The molecule has 0 saturated carbocycles. The van der Waals surface area contributed by atoms with Gasteiger partial charge in [0.1, 0.15) is 4.90 Å². The molecular formula is C18H19N5O3S. The van der Waals surface area contributed by atoms with Gasteiger partial charge in [0.15, 0.2) is 0 Å². The van der Waals surface area contributed by atoms with Crippen LogP contribution >= 0.6 is 0 Å². The Kier molecular flexibility index (Phi) is 4.40. The van der Waals surface area contributed by atoms with Crippen LogP contribution in [0.15, 0.2) is 58.5 Å². The minimum absolute atomic E-state index is 0.190. The molecule has 0 spiro atoms. The van der Waals surface area contributed by atoms with Gasteiger partial charge in [0.25, 0.3) is 5.56 Å². The van der Waals surface area contributed by atoms with E-state index in [0.717, 1.165) is 5.39 Å². The Morgan fingerprint density at radius 2 is 1.78 bits per heavy atom. The van der Waals surface area contributed by atoms with Crippen molar-refractivity contribution in [3.63, 3.8) is 0 Å². The zero-order chi connectivity index (χ0) is 19.0.